The topological polar surface area (TPSA) is 52.0 Å². The highest BCUT2D eigenvalue weighted by Gasteiger charge is 2.20. The summed E-state index contributed by atoms with van der Waals surface area (Å²) in [6.07, 6.45) is 6.46. The Morgan fingerprint density at radius 3 is 3.00 bits per heavy atom. The van der Waals surface area contributed by atoms with Crippen LogP contribution in [0.25, 0.3) is 11.0 Å². The van der Waals surface area contributed by atoms with Crippen molar-refractivity contribution in [2.24, 2.45) is 0 Å². The van der Waals surface area contributed by atoms with E-state index in [-0.39, 0.29) is 0 Å². The number of nitrogens with zero attached hydrogens (tertiary/aromatic N) is 3. The van der Waals surface area contributed by atoms with Crippen LogP contribution in [0.5, 0.6) is 0 Å². The SMILES string of the molecule is CCc1nc(CNC2CC2)cc2c1ncn2CCCOC. The Hall–Kier alpha value is -1.46. The average Bonchev–Trinajstić information content (AvgIpc) is 3.25. The second kappa shape index (κ2) is 6.54. The van der Waals surface area contributed by atoms with E-state index in [4.69, 9.17) is 9.72 Å². The highest BCUT2D eigenvalue weighted by Crippen LogP contribution is 2.21. The van der Waals surface area contributed by atoms with Crippen LogP contribution in [0.15, 0.2) is 12.4 Å². The number of fused-ring (bicyclic) bond motifs is 1. The molecule has 0 atom stereocenters. The molecular weight excluding hydrogens is 264 g/mol. The second-order valence-corrected chi connectivity index (χ2v) is 5.72. The molecule has 0 amide bonds. The maximum atomic E-state index is 5.14. The van der Waals surface area contributed by atoms with Gasteiger partial charge in [-0.3, -0.25) is 4.98 Å². The number of ether oxygens (including phenoxy) is 1. The minimum Gasteiger partial charge on any atom is -0.385 e. The van der Waals surface area contributed by atoms with Crippen LogP contribution in [-0.4, -0.2) is 34.3 Å². The second-order valence-electron chi connectivity index (χ2n) is 5.72. The number of imidazole rings is 1. The maximum Gasteiger partial charge on any atom is 0.110 e. The molecule has 2 aromatic heterocycles. The van der Waals surface area contributed by atoms with Gasteiger partial charge >= 0.3 is 0 Å². The Kier molecular flexibility index (Phi) is 4.51. The number of nitrogens with one attached hydrogen (secondary N) is 1. The predicted molar refractivity (Wildman–Crippen MR) is 83.3 cm³/mol. The summed E-state index contributed by atoms with van der Waals surface area (Å²) in [4.78, 5) is 9.32. The lowest BCUT2D eigenvalue weighted by Gasteiger charge is -2.08. The third kappa shape index (κ3) is 3.41. The normalized spacial score (nSPS) is 15.0. The first-order valence-electron chi connectivity index (χ1n) is 7.87. The molecule has 1 fully saturated rings. The molecule has 2 aromatic rings. The molecule has 1 aliphatic carbocycles. The van der Waals surface area contributed by atoms with Crippen LogP contribution in [0.1, 0.15) is 37.6 Å². The van der Waals surface area contributed by atoms with E-state index in [9.17, 15) is 0 Å². The standard InChI is InChI=1S/C16H24N4O/c1-3-14-16-15(20(11-18-16)7-4-8-21-2)9-13(19-14)10-17-12-5-6-12/h9,11-12,17H,3-8,10H2,1-2H3. The predicted octanol–water partition coefficient (Wildman–Crippen LogP) is 2.28. The zero-order valence-corrected chi connectivity index (χ0v) is 12.9. The summed E-state index contributed by atoms with van der Waals surface area (Å²) in [5, 5.41) is 3.54. The van der Waals surface area contributed by atoms with Crippen molar-refractivity contribution < 1.29 is 4.74 Å². The molecule has 0 saturated heterocycles. The Balaban J connectivity index is 1.84. The smallest absolute Gasteiger partial charge is 0.110 e. The molecule has 1 saturated carbocycles. The monoisotopic (exact) mass is 288 g/mol. The first-order valence-corrected chi connectivity index (χ1v) is 7.87. The molecule has 0 spiro atoms. The summed E-state index contributed by atoms with van der Waals surface area (Å²) in [6.45, 7) is 4.72. The first kappa shape index (κ1) is 14.5. The lowest BCUT2D eigenvalue weighted by atomic mass is 10.2. The number of aromatic nitrogens is 3. The van der Waals surface area contributed by atoms with Crippen molar-refractivity contribution in [1.29, 1.82) is 0 Å². The zero-order valence-electron chi connectivity index (χ0n) is 12.9. The number of hydrogen-bond donors (Lipinski definition) is 1. The highest BCUT2D eigenvalue weighted by molar-refractivity contribution is 5.78. The van der Waals surface area contributed by atoms with Crippen molar-refractivity contribution in [1.82, 2.24) is 19.9 Å². The molecule has 114 valence electrons. The summed E-state index contributed by atoms with van der Waals surface area (Å²) < 4.78 is 7.35. The minimum absolute atomic E-state index is 0.708. The van der Waals surface area contributed by atoms with Gasteiger partial charge in [0.2, 0.25) is 0 Å². The van der Waals surface area contributed by atoms with Gasteiger partial charge in [-0.25, -0.2) is 4.98 Å². The highest BCUT2D eigenvalue weighted by atomic mass is 16.5. The van der Waals surface area contributed by atoms with Crippen molar-refractivity contribution >= 4 is 11.0 Å². The van der Waals surface area contributed by atoms with Crippen LogP contribution in [-0.2, 0) is 24.2 Å². The lowest BCUT2D eigenvalue weighted by molar-refractivity contribution is 0.190. The van der Waals surface area contributed by atoms with Crippen LogP contribution < -0.4 is 5.32 Å². The van der Waals surface area contributed by atoms with Crippen LogP contribution in [0.2, 0.25) is 0 Å². The summed E-state index contributed by atoms with van der Waals surface area (Å²) in [5.41, 5.74) is 4.47. The molecule has 5 nitrogen and oxygen atoms in total. The summed E-state index contributed by atoms with van der Waals surface area (Å²) in [5.74, 6) is 0. The van der Waals surface area contributed by atoms with Crippen molar-refractivity contribution in [3.63, 3.8) is 0 Å². The molecule has 1 N–H and O–H groups in total. The van der Waals surface area contributed by atoms with Crippen LogP contribution in [0.4, 0.5) is 0 Å². The minimum atomic E-state index is 0.708. The van der Waals surface area contributed by atoms with Gasteiger partial charge in [0, 0.05) is 32.8 Å². The fourth-order valence-electron chi connectivity index (χ4n) is 2.61. The van der Waals surface area contributed by atoms with E-state index in [1.165, 1.54) is 18.4 Å². The van der Waals surface area contributed by atoms with Crippen molar-refractivity contribution in [3.05, 3.63) is 23.8 Å². The molecule has 21 heavy (non-hydrogen) atoms. The Morgan fingerprint density at radius 2 is 2.29 bits per heavy atom. The van der Waals surface area contributed by atoms with Crippen molar-refractivity contribution in [2.45, 2.75) is 51.7 Å². The van der Waals surface area contributed by atoms with E-state index >= 15 is 0 Å². The summed E-state index contributed by atoms with van der Waals surface area (Å²) >= 11 is 0. The molecule has 3 rings (SSSR count). The third-order valence-corrected chi connectivity index (χ3v) is 3.97. The largest absolute Gasteiger partial charge is 0.385 e. The quantitative estimate of drug-likeness (QED) is 0.757. The Bertz CT molecular complexity index is 604. The fourth-order valence-corrected chi connectivity index (χ4v) is 2.61. The number of methoxy groups -OCH3 is 1. The zero-order chi connectivity index (χ0) is 14.7. The van der Waals surface area contributed by atoms with Crippen LogP contribution in [0.3, 0.4) is 0 Å². The van der Waals surface area contributed by atoms with E-state index < -0.39 is 0 Å². The van der Waals surface area contributed by atoms with Gasteiger partial charge in [0.15, 0.2) is 0 Å². The van der Waals surface area contributed by atoms with Gasteiger partial charge in [-0.1, -0.05) is 6.92 Å². The van der Waals surface area contributed by atoms with Crippen molar-refractivity contribution in [3.8, 4) is 0 Å². The Morgan fingerprint density at radius 1 is 1.43 bits per heavy atom. The van der Waals surface area contributed by atoms with Gasteiger partial charge in [-0.2, -0.15) is 0 Å². The molecule has 5 heteroatoms. The van der Waals surface area contributed by atoms with Crippen LogP contribution in [0, 0.1) is 0 Å². The number of aryl methyl sites for hydroxylation is 2. The molecule has 0 radical (unpaired) electrons. The number of hydrogen-bond acceptors (Lipinski definition) is 4. The fraction of sp³-hybridized carbons (Fsp3) is 0.625. The van der Waals surface area contributed by atoms with Gasteiger partial charge in [-0.05, 0) is 31.7 Å². The molecule has 0 aromatic carbocycles. The van der Waals surface area contributed by atoms with Gasteiger partial charge in [0.25, 0.3) is 0 Å². The maximum absolute atomic E-state index is 5.14. The molecule has 0 bridgehead atoms. The summed E-state index contributed by atoms with van der Waals surface area (Å²) in [7, 11) is 1.74. The molecule has 0 unspecified atom stereocenters. The van der Waals surface area contributed by atoms with Gasteiger partial charge in [0.05, 0.1) is 23.2 Å². The third-order valence-electron chi connectivity index (χ3n) is 3.97. The Labute approximate surface area is 125 Å². The van der Waals surface area contributed by atoms with Gasteiger partial charge < -0.3 is 14.6 Å². The van der Waals surface area contributed by atoms with E-state index in [2.05, 4.69) is 27.9 Å². The molecule has 1 aliphatic rings. The average molecular weight is 288 g/mol. The lowest BCUT2D eigenvalue weighted by Crippen LogP contribution is -2.16. The van der Waals surface area contributed by atoms with Crippen molar-refractivity contribution in [2.75, 3.05) is 13.7 Å². The van der Waals surface area contributed by atoms with E-state index in [1.807, 2.05) is 6.33 Å². The van der Waals surface area contributed by atoms with Gasteiger partial charge in [0.1, 0.15) is 5.52 Å². The number of rotatable bonds is 8. The van der Waals surface area contributed by atoms with Gasteiger partial charge in [-0.15, -0.1) is 0 Å². The molecule has 0 aliphatic heterocycles. The van der Waals surface area contributed by atoms with Crippen LogP contribution >= 0.6 is 0 Å². The summed E-state index contributed by atoms with van der Waals surface area (Å²) in [6, 6.07) is 2.89. The van der Waals surface area contributed by atoms with E-state index in [0.717, 1.165) is 49.4 Å². The first-order chi connectivity index (χ1) is 10.3. The number of pyridine rings is 1. The molecular formula is C16H24N4O. The van der Waals surface area contributed by atoms with E-state index in [1.54, 1.807) is 7.11 Å². The molecule has 2 heterocycles. The van der Waals surface area contributed by atoms with E-state index in [0.29, 0.717) is 6.04 Å².